The fourth-order valence-corrected chi connectivity index (χ4v) is 3.81. The Kier molecular flexibility index (Phi) is 3.11. The lowest BCUT2D eigenvalue weighted by Gasteiger charge is -2.31. The van der Waals surface area contributed by atoms with Gasteiger partial charge in [-0.25, -0.2) is 0 Å². The molecule has 2 N–H and O–H groups in total. The number of benzene rings is 1. The van der Waals surface area contributed by atoms with Crippen LogP contribution in [0.15, 0.2) is 18.2 Å². The summed E-state index contributed by atoms with van der Waals surface area (Å²) in [6.45, 7) is 9.40. The molecule has 0 saturated carbocycles. The zero-order valence-electron chi connectivity index (χ0n) is 12.9. The number of fused-ring (bicyclic) bond motifs is 1. The average Bonchev–Trinajstić information content (AvgIpc) is 2.88. The minimum atomic E-state index is -0.182. The molecule has 0 aromatic heterocycles. The van der Waals surface area contributed by atoms with Crippen LogP contribution in [0.3, 0.4) is 0 Å². The van der Waals surface area contributed by atoms with E-state index in [1.54, 1.807) is 0 Å². The first-order valence-electron chi connectivity index (χ1n) is 7.50. The predicted octanol–water partition coefficient (Wildman–Crippen LogP) is 3.22. The predicted molar refractivity (Wildman–Crippen MR) is 79.9 cm³/mol. The highest BCUT2D eigenvalue weighted by atomic mass is 16.5. The molecule has 1 aromatic carbocycles. The number of hydrogen-bond acceptors (Lipinski definition) is 3. The van der Waals surface area contributed by atoms with Crippen molar-refractivity contribution in [3.8, 4) is 5.75 Å². The largest absolute Gasteiger partial charge is 0.493 e. The van der Waals surface area contributed by atoms with E-state index < -0.39 is 0 Å². The van der Waals surface area contributed by atoms with Crippen LogP contribution < -0.4 is 10.5 Å². The average molecular weight is 275 g/mol. The summed E-state index contributed by atoms with van der Waals surface area (Å²) in [4.78, 5) is 0. The molecule has 0 bridgehead atoms. The summed E-state index contributed by atoms with van der Waals surface area (Å²) in [6.07, 6.45) is 1.99. The van der Waals surface area contributed by atoms with Crippen LogP contribution in [0.4, 0.5) is 0 Å². The summed E-state index contributed by atoms with van der Waals surface area (Å²) < 4.78 is 11.7. The van der Waals surface area contributed by atoms with E-state index in [1.807, 2.05) is 0 Å². The normalized spacial score (nSPS) is 27.9. The highest BCUT2D eigenvalue weighted by molar-refractivity contribution is 5.41. The van der Waals surface area contributed by atoms with E-state index >= 15 is 0 Å². The third kappa shape index (κ3) is 2.33. The van der Waals surface area contributed by atoms with Gasteiger partial charge in [-0.1, -0.05) is 12.1 Å². The van der Waals surface area contributed by atoms with Crippen molar-refractivity contribution in [2.75, 3.05) is 6.61 Å². The van der Waals surface area contributed by atoms with Crippen molar-refractivity contribution in [3.05, 3.63) is 29.3 Å². The van der Waals surface area contributed by atoms with E-state index in [0.29, 0.717) is 5.92 Å². The SMILES string of the molecule is CC1(C)CC(C(N)c2ccc3c(c2)CCO3)C(C)(C)O1. The number of ether oxygens (including phenoxy) is 2. The molecule has 0 spiro atoms. The Labute approximate surface area is 121 Å². The third-order valence-corrected chi connectivity index (χ3v) is 4.68. The number of nitrogens with two attached hydrogens (primary N) is 1. The van der Waals surface area contributed by atoms with Gasteiger partial charge in [0, 0.05) is 18.4 Å². The zero-order valence-corrected chi connectivity index (χ0v) is 12.9. The molecule has 20 heavy (non-hydrogen) atoms. The molecule has 0 radical (unpaired) electrons. The number of rotatable bonds is 2. The van der Waals surface area contributed by atoms with Gasteiger partial charge in [-0.2, -0.15) is 0 Å². The Morgan fingerprint density at radius 2 is 2.00 bits per heavy atom. The Morgan fingerprint density at radius 3 is 2.65 bits per heavy atom. The lowest BCUT2D eigenvalue weighted by Crippen LogP contribution is -2.35. The van der Waals surface area contributed by atoms with Gasteiger partial charge in [-0.3, -0.25) is 0 Å². The summed E-state index contributed by atoms with van der Waals surface area (Å²) in [6, 6.07) is 6.40. The van der Waals surface area contributed by atoms with E-state index in [4.69, 9.17) is 15.2 Å². The Bertz CT molecular complexity index is 522. The first kappa shape index (κ1) is 13.9. The lowest BCUT2D eigenvalue weighted by molar-refractivity contribution is -0.0767. The molecule has 2 atom stereocenters. The molecular weight excluding hydrogens is 250 g/mol. The summed E-state index contributed by atoms with van der Waals surface area (Å²) in [5, 5.41) is 0. The minimum absolute atomic E-state index is 0.0117. The summed E-state index contributed by atoms with van der Waals surface area (Å²) in [5.74, 6) is 1.35. The van der Waals surface area contributed by atoms with Gasteiger partial charge in [0.15, 0.2) is 0 Å². The number of hydrogen-bond donors (Lipinski definition) is 1. The molecule has 3 rings (SSSR count). The smallest absolute Gasteiger partial charge is 0.122 e. The molecule has 2 heterocycles. The van der Waals surface area contributed by atoms with E-state index in [-0.39, 0.29) is 17.2 Å². The molecule has 1 aromatic rings. The van der Waals surface area contributed by atoms with Crippen LogP contribution in [-0.4, -0.2) is 17.8 Å². The molecule has 2 aliphatic heterocycles. The van der Waals surface area contributed by atoms with Gasteiger partial charge >= 0.3 is 0 Å². The quantitative estimate of drug-likeness (QED) is 0.901. The van der Waals surface area contributed by atoms with Gasteiger partial charge in [0.1, 0.15) is 5.75 Å². The van der Waals surface area contributed by atoms with E-state index in [0.717, 1.165) is 25.2 Å². The van der Waals surface area contributed by atoms with Crippen LogP contribution >= 0.6 is 0 Å². The van der Waals surface area contributed by atoms with Gasteiger partial charge in [0.2, 0.25) is 0 Å². The van der Waals surface area contributed by atoms with Crippen LogP contribution in [0.25, 0.3) is 0 Å². The van der Waals surface area contributed by atoms with Crippen molar-refractivity contribution < 1.29 is 9.47 Å². The van der Waals surface area contributed by atoms with Gasteiger partial charge in [0.05, 0.1) is 17.8 Å². The molecule has 110 valence electrons. The molecular formula is C17H25NO2. The molecule has 2 unspecified atom stereocenters. The first-order valence-corrected chi connectivity index (χ1v) is 7.50. The molecule has 1 saturated heterocycles. The zero-order chi connectivity index (χ0) is 14.5. The van der Waals surface area contributed by atoms with E-state index in [9.17, 15) is 0 Å². The van der Waals surface area contributed by atoms with Crippen LogP contribution in [-0.2, 0) is 11.2 Å². The van der Waals surface area contributed by atoms with Crippen LogP contribution in [0.1, 0.15) is 51.3 Å². The van der Waals surface area contributed by atoms with Crippen molar-refractivity contribution in [1.82, 2.24) is 0 Å². The van der Waals surface area contributed by atoms with Crippen LogP contribution in [0, 0.1) is 5.92 Å². The van der Waals surface area contributed by atoms with E-state index in [2.05, 4.69) is 45.9 Å². The van der Waals surface area contributed by atoms with Gasteiger partial charge < -0.3 is 15.2 Å². The second-order valence-corrected chi connectivity index (χ2v) is 7.27. The Hall–Kier alpha value is -1.06. The van der Waals surface area contributed by atoms with Crippen molar-refractivity contribution >= 4 is 0 Å². The highest BCUT2D eigenvalue weighted by Gasteiger charge is 2.48. The van der Waals surface area contributed by atoms with Crippen molar-refractivity contribution in [2.24, 2.45) is 11.7 Å². The second kappa shape index (κ2) is 4.47. The summed E-state index contributed by atoms with van der Waals surface area (Å²) in [5.41, 5.74) is 8.79. The highest BCUT2D eigenvalue weighted by Crippen LogP contribution is 2.47. The topological polar surface area (TPSA) is 44.5 Å². The van der Waals surface area contributed by atoms with Gasteiger partial charge in [-0.15, -0.1) is 0 Å². The fraction of sp³-hybridized carbons (Fsp3) is 0.647. The summed E-state index contributed by atoms with van der Waals surface area (Å²) >= 11 is 0. The van der Waals surface area contributed by atoms with Gasteiger partial charge in [0.25, 0.3) is 0 Å². The molecule has 3 heteroatoms. The molecule has 2 aliphatic rings. The maximum Gasteiger partial charge on any atom is 0.122 e. The van der Waals surface area contributed by atoms with E-state index in [1.165, 1.54) is 11.1 Å². The standard InChI is InChI=1S/C17H25NO2/c1-16(2)10-13(17(3,4)20-16)15(18)12-5-6-14-11(9-12)7-8-19-14/h5-6,9,13,15H,7-8,10,18H2,1-4H3. The maximum absolute atomic E-state index is 6.57. The summed E-state index contributed by atoms with van der Waals surface area (Å²) in [7, 11) is 0. The molecule has 3 nitrogen and oxygen atoms in total. The van der Waals surface area contributed by atoms with Crippen molar-refractivity contribution in [3.63, 3.8) is 0 Å². The van der Waals surface area contributed by atoms with Crippen molar-refractivity contribution in [2.45, 2.75) is 57.8 Å². The van der Waals surface area contributed by atoms with Crippen LogP contribution in [0.2, 0.25) is 0 Å². The Morgan fingerprint density at radius 1 is 1.25 bits per heavy atom. The molecule has 0 aliphatic carbocycles. The minimum Gasteiger partial charge on any atom is -0.493 e. The fourth-order valence-electron chi connectivity index (χ4n) is 3.81. The monoisotopic (exact) mass is 275 g/mol. The molecule has 1 fully saturated rings. The second-order valence-electron chi connectivity index (χ2n) is 7.27. The molecule has 0 amide bonds. The maximum atomic E-state index is 6.57. The van der Waals surface area contributed by atoms with Crippen molar-refractivity contribution in [1.29, 1.82) is 0 Å². The lowest BCUT2D eigenvalue weighted by atomic mass is 9.79. The first-order chi connectivity index (χ1) is 9.28. The van der Waals surface area contributed by atoms with Gasteiger partial charge in [-0.05, 0) is 51.3 Å². The Balaban J connectivity index is 1.87. The van der Waals surface area contributed by atoms with Crippen LogP contribution in [0.5, 0.6) is 5.75 Å². The third-order valence-electron chi connectivity index (χ3n) is 4.68.